The third kappa shape index (κ3) is 3.50. The number of rotatable bonds is 4. The molecule has 16 heavy (non-hydrogen) atoms. The third-order valence-electron chi connectivity index (χ3n) is 2.52. The average molecular weight is 213 g/mol. The molecule has 0 N–H and O–H groups in total. The highest BCUT2D eigenvalue weighted by molar-refractivity contribution is 5.73. The first-order valence-corrected chi connectivity index (χ1v) is 5.63. The van der Waals surface area contributed by atoms with E-state index in [1.165, 1.54) is 16.7 Å². The zero-order chi connectivity index (χ0) is 11.8. The van der Waals surface area contributed by atoms with E-state index in [4.69, 9.17) is 0 Å². The highest BCUT2D eigenvalue weighted by Gasteiger charge is 1.99. The van der Waals surface area contributed by atoms with Crippen molar-refractivity contribution in [2.75, 3.05) is 7.05 Å². The normalized spacial score (nSPS) is 12.8. The lowest BCUT2D eigenvalue weighted by Crippen LogP contribution is -1.88. The molecule has 0 aromatic heterocycles. The number of hydrogen-bond donors (Lipinski definition) is 0. The summed E-state index contributed by atoms with van der Waals surface area (Å²) >= 11 is 0. The zero-order valence-electron chi connectivity index (χ0n) is 10.3. The average Bonchev–Trinajstić information content (AvgIpc) is 2.34. The summed E-state index contributed by atoms with van der Waals surface area (Å²) in [5.41, 5.74) is 4.02. The fraction of sp³-hybridized carbons (Fsp3) is 0.267. The van der Waals surface area contributed by atoms with Crippen molar-refractivity contribution < 1.29 is 0 Å². The van der Waals surface area contributed by atoms with Gasteiger partial charge in [0.25, 0.3) is 0 Å². The lowest BCUT2D eigenvalue weighted by molar-refractivity contribution is 1.13. The first-order valence-electron chi connectivity index (χ1n) is 5.63. The molecule has 84 valence electrons. The van der Waals surface area contributed by atoms with Gasteiger partial charge >= 0.3 is 0 Å². The van der Waals surface area contributed by atoms with E-state index in [1.54, 1.807) is 13.3 Å². The smallest absolute Gasteiger partial charge is 0.0277 e. The van der Waals surface area contributed by atoms with Gasteiger partial charge in [0, 0.05) is 13.3 Å². The lowest BCUT2D eigenvalue weighted by Gasteiger charge is -2.06. The molecule has 0 aliphatic heterocycles. The minimum absolute atomic E-state index is 1.07. The van der Waals surface area contributed by atoms with Crippen LogP contribution in [-0.2, 0) is 6.42 Å². The van der Waals surface area contributed by atoms with Gasteiger partial charge < -0.3 is 0 Å². The minimum Gasteiger partial charge on any atom is -0.297 e. The molecule has 0 amide bonds. The summed E-state index contributed by atoms with van der Waals surface area (Å²) in [6, 6.07) is 8.54. The zero-order valence-corrected chi connectivity index (χ0v) is 10.3. The van der Waals surface area contributed by atoms with E-state index in [9.17, 15) is 0 Å². The fourth-order valence-corrected chi connectivity index (χ4v) is 1.64. The maximum atomic E-state index is 3.90. The molecule has 0 unspecified atom stereocenters. The maximum Gasteiger partial charge on any atom is 0.0277 e. The van der Waals surface area contributed by atoms with E-state index >= 15 is 0 Å². The predicted octanol–water partition coefficient (Wildman–Crippen LogP) is 3.91. The predicted molar refractivity (Wildman–Crippen MR) is 73.0 cm³/mol. The monoisotopic (exact) mass is 213 g/mol. The Hall–Kier alpha value is -1.63. The molecule has 0 heterocycles. The van der Waals surface area contributed by atoms with Gasteiger partial charge in [0.2, 0.25) is 0 Å². The van der Waals surface area contributed by atoms with Crippen LogP contribution < -0.4 is 0 Å². The molecule has 0 aliphatic carbocycles. The van der Waals surface area contributed by atoms with Gasteiger partial charge in [0.15, 0.2) is 0 Å². The van der Waals surface area contributed by atoms with Crippen LogP contribution in [0.2, 0.25) is 0 Å². The van der Waals surface area contributed by atoms with E-state index in [1.807, 2.05) is 12.2 Å². The quantitative estimate of drug-likeness (QED) is 0.531. The lowest BCUT2D eigenvalue weighted by atomic mass is 9.99. The van der Waals surface area contributed by atoms with Crippen LogP contribution in [0.4, 0.5) is 0 Å². The van der Waals surface area contributed by atoms with Gasteiger partial charge in [-0.2, -0.15) is 0 Å². The number of allylic oxidation sites excluding steroid dienone is 4. The van der Waals surface area contributed by atoms with Crippen LogP contribution in [0.3, 0.4) is 0 Å². The molecular weight excluding hydrogens is 194 g/mol. The van der Waals surface area contributed by atoms with Crippen molar-refractivity contribution in [3.8, 4) is 0 Å². The summed E-state index contributed by atoms with van der Waals surface area (Å²) in [5, 5.41) is 0. The summed E-state index contributed by atoms with van der Waals surface area (Å²) in [5.74, 6) is 0. The topological polar surface area (TPSA) is 12.4 Å². The van der Waals surface area contributed by atoms with Crippen LogP contribution in [-0.4, -0.2) is 13.3 Å². The third-order valence-corrected chi connectivity index (χ3v) is 2.52. The van der Waals surface area contributed by atoms with Gasteiger partial charge in [-0.15, -0.1) is 0 Å². The summed E-state index contributed by atoms with van der Waals surface area (Å²) in [7, 11) is 1.77. The summed E-state index contributed by atoms with van der Waals surface area (Å²) in [6.45, 7) is 4.33. The van der Waals surface area contributed by atoms with Crippen molar-refractivity contribution in [1.29, 1.82) is 0 Å². The molecule has 1 aromatic rings. The van der Waals surface area contributed by atoms with Crippen LogP contribution in [0.15, 0.2) is 47.5 Å². The molecule has 0 radical (unpaired) electrons. The second-order valence-corrected chi connectivity index (χ2v) is 3.65. The number of aliphatic imine (C=N–C) groups is 1. The molecule has 1 heteroatoms. The molecule has 0 saturated carbocycles. The second-order valence-electron chi connectivity index (χ2n) is 3.65. The van der Waals surface area contributed by atoms with Crippen molar-refractivity contribution in [2.45, 2.75) is 20.3 Å². The Balaban J connectivity index is 2.91. The molecule has 0 fully saturated rings. The Bertz CT molecular complexity index is 411. The van der Waals surface area contributed by atoms with Gasteiger partial charge in [-0.1, -0.05) is 43.3 Å². The van der Waals surface area contributed by atoms with Crippen molar-refractivity contribution >= 4 is 11.8 Å². The standard InChI is InChI=1S/C15H19N/c1-4-14-10-5-6-11-15(14)13(2)9-7-8-12-16-3/h5-12H,4H2,1-3H3/b8-7-,13-9+,16-12+. The van der Waals surface area contributed by atoms with Crippen molar-refractivity contribution in [3.63, 3.8) is 0 Å². The van der Waals surface area contributed by atoms with E-state index in [0.29, 0.717) is 0 Å². The number of benzene rings is 1. The second kappa shape index (κ2) is 6.78. The fourth-order valence-electron chi connectivity index (χ4n) is 1.64. The van der Waals surface area contributed by atoms with Gasteiger partial charge in [-0.3, -0.25) is 4.99 Å². The van der Waals surface area contributed by atoms with Crippen LogP contribution in [0.25, 0.3) is 5.57 Å². The molecule has 0 aliphatic rings. The summed E-state index contributed by atoms with van der Waals surface area (Å²) in [4.78, 5) is 3.90. The van der Waals surface area contributed by atoms with E-state index < -0.39 is 0 Å². The van der Waals surface area contributed by atoms with Crippen molar-refractivity contribution in [2.24, 2.45) is 4.99 Å². The number of hydrogen-bond acceptors (Lipinski definition) is 1. The number of nitrogens with zero attached hydrogens (tertiary/aromatic N) is 1. The minimum atomic E-state index is 1.07. The number of aryl methyl sites for hydroxylation is 1. The van der Waals surface area contributed by atoms with Crippen molar-refractivity contribution in [1.82, 2.24) is 0 Å². The van der Waals surface area contributed by atoms with E-state index in [0.717, 1.165) is 6.42 Å². The van der Waals surface area contributed by atoms with Gasteiger partial charge in [0.05, 0.1) is 0 Å². The highest BCUT2D eigenvalue weighted by Crippen LogP contribution is 2.19. The van der Waals surface area contributed by atoms with Gasteiger partial charge in [-0.25, -0.2) is 0 Å². The molecular formula is C15H19N. The Morgan fingerprint density at radius 1 is 1.25 bits per heavy atom. The van der Waals surface area contributed by atoms with Crippen LogP contribution in [0.5, 0.6) is 0 Å². The molecule has 0 spiro atoms. The highest BCUT2D eigenvalue weighted by atomic mass is 14.6. The molecule has 0 atom stereocenters. The molecule has 0 bridgehead atoms. The van der Waals surface area contributed by atoms with Crippen LogP contribution in [0.1, 0.15) is 25.0 Å². The molecule has 1 aromatic carbocycles. The largest absolute Gasteiger partial charge is 0.297 e. The van der Waals surface area contributed by atoms with Crippen LogP contribution >= 0.6 is 0 Å². The Kier molecular flexibility index (Phi) is 5.27. The molecule has 0 saturated heterocycles. The van der Waals surface area contributed by atoms with E-state index in [2.05, 4.69) is 49.2 Å². The first kappa shape index (κ1) is 12.4. The summed E-state index contributed by atoms with van der Waals surface area (Å²) < 4.78 is 0. The molecule has 1 rings (SSSR count). The summed E-state index contributed by atoms with van der Waals surface area (Å²) in [6.07, 6.45) is 8.94. The maximum absolute atomic E-state index is 3.90. The van der Waals surface area contributed by atoms with Crippen LogP contribution in [0, 0.1) is 0 Å². The Morgan fingerprint density at radius 2 is 2.00 bits per heavy atom. The SMILES string of the molecule is CCc1ccccc1/C(C)=C/C=C\C=N\C. The molecule has 1 nitrogen and oxygen atoms in total. The van der Waals surface area contributed by atoms with E-state index in [-0.39, 0.29) is 0 Å². The van der Waals surface area contributed by atoms with Gasteiger partial charge in [0.1, 0.15) is 0 Å². The first-order chi connectivity index (χ1) is 7.79. The Labute approximate surface area is 98.2 Å². The van der Waals surface area contributed by atoms with Crippen molar-refractivity contribution in [3.05, 3.63) is 53.6 Å². The van der Waals surface area contributed by atoms with Gasteiger partial charge in [-0.05, 0) is 36.1 Å². The Morgan fingerprint density at radius 3 is 2.69 bits per heavy atom.